The second kappa shape index (κ2) is 6.12. The number of aromatic nitrogens is 2. The summed E-state index contributed by atoms with van der Waals surface area (Å²) in [7, 11) is 0. The molecule has 2 N–H and O–H groups in total. The highest BCUT2D eigenvalue weighted by atomic mass is 35.5. The van der Waals surface area contributed by atoms with E-state index in [1.165, 1.54) is 0 Å². The molecule has 0 amide bonds. The van der Waals surface area contributed by atoms with Gasteiger partial charge in [-0.3, -0.25) is 0 Å². The highest BCUT2D eigenvalue weighted by molar-refractivity contribution is 6.35. The number of nitrogens with zero attached hydrogens (tertiary/aromatic N) is 2. The molecule has 0 aliphatic heterocycles. The molecular weight excluding hydrogens is 297 g/mol. The maximum Gasteiger partial charge on any atom is 0.226 e. The van der Waals surface area contributed by atoms with Crippen LogP contribution >= 0.6 is 23.2 Å². The Morgan fingerprint density at radius 3 is 2.70 bits per heavy atom. The van der Waals surface area contributed by atoms with Gasteiger partial charge in [0, 0.05) is 28.4 Å². The third-order valence-electron chi connectivity index (χ3n) is 2.86. The van der Waals surface area contributed by atoms with E-state index in [2.05, 4.69) is 10.1 Å². The zero-order chi connectivity index (χ0) is 14.8. The van der Waals surface area contributed by atoms with Gasteiger partial charge in [-0.2, -0.15) is 4.98 Å². The summed E-state index contributed by atoms with van der Waals surface area (Å²) >= 11 is 12.0. The van der Waals surface area contributed by atoms with Gasteiger partial charge < -0.3 is 10.3 Å². The number of benzene rings is 1. The fraction of sp³-hybridized carbons (Fsp3) is 0.429. The van der Waals surface area contributed by atoms with E-state index in [9.17, 15) is 0 Å². The molecule has 0 aliphatic rings. The number of aryl methyl sites for hydroxylation is 1. The standard InChI is InChI=1S/C14H17Cl2N3O/c1-14(2,17)6-5-13-18-12(19-20-13)7-9-3-4-10(15)8-11(9)16/h3-4,8H,5-7,17H2,1-2H3. The summed E-state index contributed by atoms with van der Waals surface area (Å²) in [6, 6.07) is 5.36. The van der Waals surface area contributed by atoms with Crippen LogP contribution in [-0.4, -0.2) is 15.7 Å². The molecule has 0 saturated heterocycles. The topological polar surface area (TPSA) is 64.9 Å². The molecule has 20 heavy (non-hydrogen) atoms. The fourth-order valence-electron chi connectivity index (χ4n) is 1.73. The molecule has 0 radical (unpaired) electrons. The third kappa shape index (κ3) is 4.47. The summed E-state index contributed by atoms with van der Waals surface area (Å²) in [6.45, 7) is 3.94. The number of hydrogen-bond acceptors (Lipinski definition) is 4. The van der Waals surface area contributed by atoms with Gasteiger partial charge in [-0.15, -0.1) is 0 Å². The average Bonchev–Trinajstić information content (AvgIpc) is 2.77. The van der Waals surface area contributed by atoms with E-state index in [0.29, 0.717) is 34.6 Å². The van der Waals surface area contributed by atoms with Crippen LogP contribution in [0.15, 0.2) is 22.7 Å². The van der Waals surface area contributed by atoms with Crippen LogP contribution < -0.4 is 5.73 Å². The molecule has 6 heteroatoms. The Balaban J connectivity index is 2.02. The molecule has 1 aromatic carbocycles. The minimum Gasteiger partial charge on any atom is -0.339 e. The van der Waals surface area contributed by atoms with Crippen LogP contribution in [0.1, 0.15) is 37.5 Å². The highest BCUT2D eigenvalue weighted by Gasteiger charge is 2.14. The van der Waals surface area contributed by atoms with E-state index in [1.54, 1.807) is 12.1 Å². The normalized spacial score (nSPS) is 11.8. The van der Waals surface area contributed by atoms with Crippen LogP contribution in [0.4, 0.5) is 0 Å². The lowest BCUT2D eigenvalue weighted by molar-refractivity contribution is 0.355. The number of hydrogen-bond donors (Lipinski definition) is 1. The van der Waals surface area contributed by atoms with E-state index >= 15 is 0 Å². The molecule has 2 aromatic rings. The average molecular weight is 314 g/mol. The van der Waals surface area contributed by atoms with Crippen LogP contribution in [0.25, 0.3) is 0 Å². The monoisotopic (exact) mass is 313 g/mol. The van der Waals surface area contributed by atoms with Crippen LogP contribution in [0.5, 0.6) is 0 Å². The molecule has 0 spiro atoms. The first-order valence-corrected chi connectivity index (χ1v) is 7.13. The summed E-state index contributed by atoms with van der Waals surface area (Å²) in [5, 5.41) is 5.17. The van der Waals surface area contributed by atoms with Crippen molar-refractivity contribution in [1.29, 1.82) is 0 Å². The molecule has 0 bridgehead atoms. The minimum absolute atomic E-state index is 0.242. The van der Waals surface area contributed by atoms with Crippen molar-refractivity contribution in [2.75, 3.05) is 0 Å². The summed E-state index contributed by atoms with van der Waals surface area (Å²) in [5.74, 6) is 1.21. The van der Waals surface area contributed by atoms with Gasteiger partial charge in [0.1, 0.15) is 0 Å². The zero-order valence-corrected chi connectivity index (χ0v) is 13.0. The smallest absolute Gasteiger partial charge is 0.226 e. The molecule has 108 valence electrons. The van der Waals surface area contributed by atoms with Crippen molar-refractivity contribution < 1.29 is 4.52 Å². The Bertz CT molecular complexity index is 590. The predicted molar refractivity (Wildman–Crippen MR) is 80.2 cm³/mol. The van der Waals surface area contributed by atoms with Crippen molar-refractivity contribution in [3.05, 3.63) is 45.5 Å². The Labute approximate surface area is 128 Å². The van der Waals surface area contributed by atoms with Crippen molar-refractivity contribution in [3.8, 4) is 0 Å². The Hall–Kier alpha value is -1.10. The maximum absolute atomic E-state index is 6.12. The Morgan fingerprint density at radius 2 is 2.05 bits per heavy atom. The molecule has 4 nitrogen and oxygen atoms in total. The number of rotatable bonds is 5. The van der Waals surface area contributed by atoms with Crippen LogP contribution in [0.3, 0.4) is 0 Å². The van der Waals surface area contributed by atoms with Gasteiger partial charge in [0.15, 0.2) is 5.82 Å². The van der Waals surface area contributed by atoms with Crippen LogP contribution in [-0.2, 0) is 12.8 Å². The van der Waals surface area contributed by atoms with Gasteiger partial charge in [0.2, 0.25) is 5.89 Å². The van der Waals surface area contributed by atoms with E-state index in [1.807, 2.05) is 19.9 Å². The summed E-state index contributed by atoms with van der Waals surface area (Å²) in [5.41, 5.74) is 6.60. The van der Waals surface area contributed by atoms with E-state index < -0.39 is 0 Å². The van der Waals surface area contributed by atoms with Crippen molar-refractivity contribution >= 4 is 23.2 Å². The molecule has 1 heterocycles. The second-order valence-electron chi connectivity index (χ2n) is 5.51. The van der Waals surface area contributed by atoms with E-state index in [4.69, 9.17) is 33.5 Å². The summed E-state index contributed by atoms with van der Waals surface area (Å²) in [4.78, 5) is 4.35. The number of halogens is 2. The van der Waals surface area contributed by atoms with Crippen LogP contribution in [0, 0.1) is 0 Å². The molecular formula is C14H17Cl2N3O. The quantitative estimate of drug-likeness (QED) is 0.915. The van der Waals surface area contributed by atoms with E-state index in [0.717, 1.165) is 12.0 Å². The van der Waals surface area contributed by atoms with Crippen molar-refractivity contribution in [2.45, 2.75) is 38.6 Å². The zero-order valence-electron chi connectivity index (χ0n) is 11.5. The Kier molecular flexibility index (Phi) is 4.68. The lowest BCUT2D eigenvalue weighted by Gasteiger charge is -2.16. The van der Waals surface area contributed by atoms with Gasteiger partial charge >= 0.3 is 0 Å². The van der Waals surface area contributed by atoms with E-state index in [-0.39, 0.29) is 5.54 Å². The lowest BCUT2D eigenvalue weighted by Crippen LogP contribution is -2.32. The van der Waals surface area contributed by atoms with Crippen molar-refractivity contribution in [2.24, 2.45) is 5.73 Å². The minimum atomic E-state index is -0.242. The molecule has 0 fully saturated rings. The number of nitrogens with two attached hydrogens (primary N) is 1. The van der Waals surface area contributed by atoms with Gasteiger partial charge in [0.25, 0.3) is 0 Å². The van der Waals surface area contributed by atoms with Gasteiger partial charge in [-0.05, 0) is 38.0 Å². The molecule has 1 aromatic heterocycles. The SMILES string of the molecule is CC(C)(N)CCc1nc(Cc2ccc(Cl)cc2Cl)no1. The second-order valence-corrected chi connectivity index (χ2v) is 6.35. The van der Waals surface area contributed by atoms with Crippen LogP contribution in [0.2, 0.25) is 10.0 Å². The predicted octanol–water partition coefficient (Wildman–Crippen LogP) is 3.64. The van der Waals surface area contributed by atoms with Crippen molar-refractivity contribution in [1.82, 2.24) is 10.1 Å². The summed E-state index contributed by atoms with van der Waals surface area (Å²) < 4.78 is 5.21. The summed E-state index contributed by atoms with van der Waals surface area (Å²) in [6.07, 6.45) is 1.98. The molecule has 0 unspecified atom stereocenters. The van der Waals surface area contributed by atoms with Gasteiger partial charge in [0.05, 0.1) is 0 Å². The molecule has 0 atom stereocenters. The fourth-order valence-corrected chi connectivity index (χ4v) is 2.20. The third-order valence-corrected chi connectivity index (χ3v) is 3.44. The molecule has 0 aliphatic carbocycles. The first-order valence-electron chi connectivity index (χ1n) is 6.38. The molecule has 2 rings (SSSR count). The molecule has 0 saturated carbocycles. The Morgan fingerprint density at radius 1 is 1.30 bits per heavy atom. The first kappa shape index (κ1) is 15.3. The van der Waals surface area contributed by atoms with Gasteiger partial charge in [-0.25, -0.2) is 0 Å². The lowest BCUT2D eigenvalue weighted by atomic mass is 10.0. The van der Waals surface area contributed by atoms with Gasteiger partial charge in [-0.1, -0.05) is 34.4 Å². The van der Waals surface area contributed by atoms with Crippen molar-refractivity contribution in [3.63, 3.8) is 0 Å². The maximum atomic E-state index is 6.12. The first-order chi connectivity index (χ1) is 9.33. The highest BCUT2D eigenvalue weighted by Crippen LogP contribution is 2.22. The largest absolute Gasteiger partial charge is 0.339 e.